The van der Waals surface area contributed by atoms with Crippen LogP contribution in [0.5, 0.6) is 0 Å². The fourth-order valence-electron chi connectivity index (χ4n) is 1.48. The Labute approximate surface area is 96.9 Å². The Balaban J connectivity index is 3.08. The van der Waals surface area contributed by atoms with Crippen molar-refractivity contribution in [3.63, 3.8) is 0 Å². The summed E-state index contributed by atoms with van der Waals surface area (Å²) in [7, 11) is -3.45. The van der Waals surface area contributed by atoms with Crippen LogP contribution in [0.15, 0.2) is 23.1 Å². The highest BCUT2D eigenvalue weighted by molar-refractivity contribution is 7.89. The molecule has 0 aliphatic carbocycles. The lowest BCUT2D eigenvalue weighted by atomic mass is 10.2. The SMILES string of the molecule is Cc1ccc(S(=O)(=O)N[C@H](C)CN)c(C)c1. The van der Waals surface area contributed by atoms with E-state index in [1.165, 1.54) is 0 Å². The predicted molar refractivity (Wildman–Crippen MR) is 64.8 cm³/mol. The van der Waals surface area contributed by atoms with Crippen LogP contribution in [-0.2, 0) is 10.0 Å². The third kappa shape index (κ3) is 3.04. The second kappa shape index (κ2) is 4.95. The summed E-state index contributed by atoms with van der Waals surface area (Å²) in [4.78, 5) is 0.318. The van der Waals surface area contributed by atoms with Crippen LogP contribution in [0.1, 0.15) is 18.1 Å². The molecule has 4 nitrogen and oxygen atoms in total. The smallest absolute Gasteiger partial charge is 0.241 e. The van der Waals surface area contributed by atoms with Gasteiger partial charge in [-0.15, -0.1) is 0 Å². The number of nitrogens with one attached hydrogen (secondary N) is 1. The summed E-state index contributed by atoms with van der Waals surface area (Å²) in [5, 5.41) is 0. The molecule has 0 unspecified atom stereocenters. The molecule has 5 heteroatoms. The average molecular weight is 242 g/mol. The zero-order valence-electron chi connectivity index (χ0n) is 9.82. The van der Waals surface area contributed by atoms with E-state index in [-0.39, 0.29) is 12.6 Å². The fraction of sp³-hybridized carbons (Fsp3) is 0.455. The van der Waals surface area contributed by atoms with E-state index in [0.717, 1.165) is 11.1 Å². The van der Waals surface area contributed by atoms with Crippen molar-refractivity contribution in [2.75, 3.05) is 6.54 Å². The summed E-state index contributed by atoms with van der Waals surface area (Å²) in [6.07, 6.45) is 0. The molecule has 90 valence electrons. The van der Waals surface area contributed by atoms with Gasteiger partial charge < -0.3 is 5.73 Å². The first-order valence-corrected chi connectivity index (χ1v) is 6.65. The molecule has 1 rings (SSSR count). The van der Waals surface area contributed by atoms with E-state index in [2.05, 4.69) is 4.72 Å². The monoisotopic (exact) mass is 242 g/mol. The zero-order valence-corrected chi connectivity index (χ0v) is 10.6. The third-order valence-corrected chi connectivity index (χ3v) is 4.08. The second-order valence-corrected chi connectivity index (χ2v) is 5.71. The predicted octanol–water partition coefficient (Wildman–Crippen LogP) is 0.929. The Morgan fingerprint density at radius 3 is 2.50 bits per heavy atom. The first-order chi connectivity index (χ1) is 7.36. The molecule has 0 radical (unpaired) electrons. The van der Waals surface area contributed by atoms with Crippen molar-refractivity contribution >= 4 is 10.0 Å². The number of aryl methyl sites for hydroxylation is 2. The molecule has 0 amide bonds. The highest BCUT2D eigenvalue weighted by Gasteiger charge is 2.18. The largest absolute Gasteiger partial charge is 0.329 e. The lowest BCUT2D eigenvalue weighted by Crippen LogP contribution is -2.38. The third-order valence-electron chi connectivity index (χ3n) is 2.33. The molecule has 0 aliphatic rings. The summed E-state index contributed by atoms with van der Waals surface area (Å²) in [6, 6.07) is 5.00. The maximum absolute atomic E-state index is 12.0. The Morgan fingerprint density at radius 1 is 1.38 bits per heavy atom. The summed E-state index contributed by atoms with van der Waals surface area (Å²) in [5.74, 6) is 0. The highest BCUT2D eigenvalue weighted by Crippen LogP contribution is 2.16. The number of hydrogen-bond acceptors (Lipinski definition) is 3. The molecule has 16 heavy (non-hydrogen) atoms. The Kier molecular flexibility index (Phi) is 4.07. The molecule has 3 N–H and O–H groups in total. The van der Waals surface area contributed by atoms with Gasteiger partial charge >= 0.3 is 0 Å². The summed E-state index contributed by atoms with van der Waals surface area (Å²) < 4.78 is 26.5. The zero-order chi connectivity index (χ0) is 12.3. The van der Waals surface area contributed by atoms with Crippen molar-refractivity contribution in [2.24, 2.45) is 5.73 Å². The van der Waals surface area contributed by atoms with Gasteiger partial charge in [0.1, 0.15) is 0 Å². The topological polar surface area (TPSA) is 72.2 Å². The van der Waals surface area contributed by atoms with E-state index >= 15 is 0 Å². The normalized spacial score (nSPS) is 13.8. The standard InChI is InChI=1S/C11H18N2O2S/c1-8-4-5-11(9(2)6-8)16(14,15)13-10(3)7-12/h4-6,10,13H,7,12H2,1-3H3/t10-/m1/s1. The van der Waals surface area contributed by atoms with Crippen LogP contribution < -0.4 is 10.5 Å². The molecule has 0 fully saturated rings. The second-order valence-electron chi connectivity index (χ2n) is 4.03. The molecule has 0 saturated carbocycles. The molecule has 1 aromatic rings. The summed E-state index contributed by atoms with van der Waals surface area (Å²) in [6.45, 7) is 5.74. The lowest BCUT2D eigenvalue weighted by Gasteiger charge is -2.13. The van der Waals surface area contributed by atoms with Crippen LogP contribution in [0.25, 0.3) is 0 Å². The lowest BCUT2D eigenvalue weighted by molar-refractivity contribution is 0.562. The van der Waals surface area contributed by atoms with Crippen molar-refractivity contribution in [1.82, 2.24) is 4.72 Å². The van der Waals surface area contributed by atoms with E-state index in [1.807, 2.05) is 13.0 Å². The van der Waals surface area contributed by atoms with Gasteiger partial charge in [0.25, 0.3) is 0 Å². The van der Waals surface area contributed by atoms with Crippen molar-refractivity contribution in [3.8, 4) is 0 Å². The van der Waals surface area contributed by atoms with Crippen molar-refractivity contribution in [3.05, 3.63) is 29.3 Å². The molecule has 0 aromatic heterocycles. The van der Waals surface area contributed by atoms with Crippen LogP contribution in [0.4, 0.5) is 0 Å². The minimum absolute atomic E-state index is 0.259. The molecule has 0 heterocycles. The first kappa shape index (κ1) is 13.2. The Bertz CT molecular complexity index is 469. The summed E-state index contributed by atoms with van der Waals surface area (Å²) >= 11 is 0. The van der Waals surface area contributed by atoms with Crippen molar-refractivity contribution in [1.29, 1.82) is 0 Å². The van der Waals surface area contributed by atoms with Gasteiger partial charge in [0.2, 0.25) is 10.0 Å². The minimum atomic E-state index is -3.45. The van der Waals surface area contributed by atoms with Crippen LogP contribution >= 0.6 is 0 Å². The van der Waals surface area contributed by atoms with Gasteiger partial charge in [0.15, 0.2) is 0 Å². The van der Waals surface area contributed by atoms with E-state index in [9.17, 15) is 8.42 Å². The van der Waals surface area contributed by atoms with Crippen molar-refractivity contribution < 1.29 is 8.42 Å². The Morgan fingerprint density at radius 2 is 2.00 bits per heavy atom. The van der Waals surface area contributed by atoms with E-state index < -0.39 is 10.0 Å². The molecule has 0 spiro atoms. The molecule has 0 aliphatic heterocycles. The number of rotatable bonds is 4. The number of benzene rings is 1. The maximum Gasteiger partial charge on any atom is 0.241 e. The summed E-state index contributed by atoms with van der Waals surface area (Å²) in [5.41, 5.74) is 7.18. The van der Waals surface area contributed by atoms with E-state index in [1.54, 1.807) is 26.0 Å². The van der Waals surface area contributed by atoms with Crippen LogP contribution in [0.3, 0.4) is 0 Å². The van der Waals surface area contributed by atoms with Gasteiger partial charge in [0.05, 0.1) is 4.90 Å². The number of hydrogen-bond donors (Lipinski definition) is 2. The average Bonchev–Trinajstić information content (AvgIpc) is 2.16. The number of nitrogens with two attached hydrogens (primary N) is 1. The van der Waals surface area contributed by atoms with E-state index in [4.69, 9.17) is 5.73 Å². The van der Waals surface area contributed by atoms with Crippen LogP contribution in [0.2, 0.25) is 0 Å². The molecule has 0 bridgehead atoms. The quantitative estimate of drug-likeness (QED) is 0.825. The Hall–Kier alpha value is -0.910. The minimum Gasteiger partial charge on any atom is -0.329 e. The molecule has 1 atom stereocenters. The molecular weight excluding hydrogens is 224 g/mol. The van der Waals surface area contributed by atoms with Gasteiger partial charge in [0, 0.05) is 12.6 Å². The van der Waals surface area contributed by atoms with E-state index in [0.29, 0.717) is 4.90 Å². The first-order valence-electron chi connectivity index (χ1n) is 5.16. The highest BCUT2D eigenvalue weighted by atomic mass is 32.2. The van der Waals surface area contributed by atoms with Crippen LogP contribution in [-0.4, -0.2) is 21.0 Å². The molecule has 1 aromatic carbocycles. The van der Waals surface area contributed by atoms with Gasteiger partial charge in [-0.3, -0.25) is 0 Å². The molecule has 0 saturated heterocycles. The van der Waals surface area contributed by atoms with Gasteiger partial charge in [-0.25, -0.2) is 13.1 Å². The van der Waals surface area contributed by atoms with Gasteiger partial charge in [-0.2, -0.15) is 0 Å². The fourth-order valence-corrected chi connectivity index (χ4v) is 2.96. The maximum atomic E-state index is 12.0. The number of sulfonamides is 1. The molecular formula is C11H18N2O2S. The van der Waals surface area contributed by atoms with Gasteiger partial charge in [-0.1, -0.05) is 17.7 Å². The van der Waals surface area contributed by atoms with Crippen LogP contribution in [0, 0.1) is 13.8 Å². The van der Waals surface area contributed by atoms with Crippen molar-refractivity contribution in [2.45, 2.75) is 31.7 Å². The van der Waals surface area contributed by atoms with Gasteiger partial charge in [-0.05, 0) is 32.4 Å².